The summed E-state index contributed by atoms with van der Waals surface area (Å²) >= 11 is 0. The summed E-state index contributed by atoms with van der Waals surface area (Å²) in [4.78, 5) is 11.5. The first kappa shape index (κ1) is 10.0. The minimum atomic E-state index is -0.264. The molecule has 0 saturated carbocycles. The van der Waals surface area contributed by atoms with Crippen LogP contribution in [0.25, 0.3) is 11.1 Å². The van der Waals surface area contributed by atoms with Crippen LogP contribution in [0.5, 0.6) is 0 Å². The average Bonchev–Trinajstić information content (AvgIpc) is 2.56. The van der Waals surface area contributed by atoms with Gasteiger partial charge in [-0.1, -0.05) is 31.9 Å². The summed E-state index contributed by atoms with van der Waals surface area (Å²) in [7, 11) is 0. The highest BCUT2D eigenvalue weighted by Crippen LogP contribution is 2.12. The largest absolute Gasteiger partial charge is 0.419 e. The van der Waals surface area contributed by atoms with Crippen LogP contribution in [0.4, 0.5) is 0 Å². The number of nitrogens with zero attached hydrogens (tertiary/aromatic N) is 1. The molecule has 1 heterocycles. The lowest BCUT2D eigenvalue weighted by molar-refractivity contribution is 0.493. The number of aryl methyl sites for hydroxylation is 1. The monoisotopic (exact) mass is 204 g/mol. The molecule has 0 bridgehead atoms. The summed E-state index contributed by atoms with van der Waals surface area (Å²) in [5.41, 5.74) is 1.55. The van der Waals surface area contributed by atoms with Crippen LogP contribution >= 0.6 is 0 Å². The Morgan fingerprint density at radius 3 is 2.87 bits per heavy atom. The molecule has 2 aromatic rings. The van der Waals surface area contributed by atoms with Crippen LogP contribution in [-0.2, 0) is 6.54 Å². The van der Waals surface area contributed by atoms with Crippen molar-refractivity contribution in [1.29, 1.82) is 0 Å². The van der Waals surface area contributed by atoms with E-state index < -0.39 is 0 Å². The number of unbranched alkanes of at least 4 members (excludes halogenated alkanes) is 2. The molecular formula is C12H14NO2. The van der Waals surface area contributed by atoms with E-state index in [-0.39, 0.29) is 5.76 Å². The smallest absolute Gasteiger partial charge is 0.408 e. The Bertz CT molecular complexity index is 496. The van der Waals surface area contributed by atoms with Crippen molar-refractivity contribution in [3.63, 3.8) is 0 Å². The maximum atomic E-state index is 11.5. The maximum Gasteiger partial charge on any atom is 0.419 e. The van der Waals surface area contributed by atoms with Crippen LogP contribution in [0.2, 0.25) is 0 Å². The first-order valence-electron chi connectivity index (χ1n) is 5.20. The van der Waals surface area contributed by atoms with E-state index >= 15 is 0 Å². The van der Waals surface area contributed by atoms with Crippen molar-refractivity contribution in [2.45, 2.75) is 25.8 Å². The Labute approximate surface area is 88.3 Å². The summed E-state index contributed by atoms with van der Waals surface area (Å²) in [6, 6.07) is 7.50. The van der Waals surface area contributed by atoms with Crippen molar-refractivity contribution in [2.75, 3.05) is 0 Å². The number of aromatic nitrogens is 1. The zero-order valence-electron chi connectivity index (χ0n) is 8.61. The number of oxazole rings is 1. The van der Waals surface area contributed by atoms with Gasteiger partial charge in [-0.25, -0.2) is 4.79 Å². The molecule has 0 fully saturated rings. The van der Waals surface area contributed by atoms with Crippen molar-refractivity contribution in [2.24, 2.45) is 0 Å². The van der Waals surface area contributed by atoms with E-state index in [1.165, 1.54) is 0 Å². The van der Waals surface area contributed by atoms with Crippen molar-refractivity contribution >= 4 is 11.1 Å². The molecular weight excluding hydrogens is 190 g/mol. The molecule has 0 aliphatic heterocycles. The summed E-state index contributed by atoms with van der Waals surface area (Å²) in [6.45, 7) is 4.49. The fourth-order valence-electron chi connectivity index (χ4n) is 1.67. The van der Waals surface area contributed by atoms with Gasteiger partial charge >= 0.3 is 5.76 Å². The molecule has 0 aliphatic rings. The van der Waals surface area contributed by atoms with Gasteiger partial charge in [0.05, 0.1) is 5.52 Å². The zero-order valence-corrected chi connectivity index (χ0v) is 8.61. The number of benzene rings is 1. The fourth-order valence-corrected chi connectivity index (χ4v) is 1.67. The van der Waals surface area contributed by atoms with Gasteiger partial charge in [-0.15, -0.1) is 0 Å². The number of hydrogen-bond donors (Lipinski definition) is 0. The van der Waals surface area contributed by atoms with Gasteiger partial charge in [0.1, 0.15) is 0 Å². The molecule has 1 aromatic carbocycles. The van der Waals surface area contributed by atoms with Crippen molar-refractivity contribution < 1.29 is 4.42 Å². The minimum absolute atomic E-state index is 0.264. The van der Waals surface area contributed by atoms with Gasteiger partial charge in [-0.3, -0.25) is 4.57 Å². The Morgan fingerprint density at radius 1 is 1.27 bits per heavy atom. The maximum absolute atomic E-state index is 11.5. The first-order valence-corrected chi connectivity index (χ1v) is 5.20. The highest BCUT2D eigenvalue weighted by atomic mass is 16.4. The van der Waals surface area contributed by atoms with Crippen molar-refractivity contribution in [3.05, 3.63) is 41.7 Å². The molecule has 0 aliphatic carbocycles. The van der Waals surface area contributed by atoms with E-state index in [1.807, 2.05) is 24.3 Å². The lowest BCUT2D eigenvalue weighted by Crippen LogP contribution is -2.13. The predicted octanol–water partition coefficient (Wildman–Crippen LogP) is 2.60. The SMILES string of the molecule is [CH2]CCCCn1c(=O)oc2ccccc21. The van der Waals surface area contributed by atoms with Crippen molar-refractivity contribution in [3.8, 4) is 0 Å². The second-order valence-electron chi connectivity index (χ2n) is 3.55. The number of hydrogen-bond acceptors (Lipinski definition) is 2. The predicted molar refractivity (Wildman–Crippen MR) is 59.7 cm³/mol. The topological polar surface area (TPSA) is 35.1 Å². The lowest BCUT2D eigenvalue weighted by atomic mass is 10.2. The molecule has 1 aromatic heterocycles. The molecule has 0 amide bonds. The second kappa shape index (κ2) is 4.34. The lowest BCUT2D eigenvalue weighted by Gasteiger charge is -2.00. The zero-order chi connectivity index (χ0) is 10.7. The average molecular weight is 204 g/mol. The molecule has 15 heavy (non-hydrogen) atoms. The third-order valence-electron chi connectivity index (χ3n) is 2.46. The van der Waals surface area contributed by atoms with Gasteiger partial charge in [0, 0.05) is 6.54 Å². The Morgan fingerprint density at radius 2 is 2.07 bits per heavy atom. The van der Waals surface area contributed by atoms with Crippen LogP contribution < -0.4 is 5.76 Å². The summed E-state index contributed by atoms with van der Waals surface area (Å²) in [5.74, 6) is -0.264. The molecule has 0 spiro atoms. The van der Waals surface area contributed by atoms with Gasteiger partial charge in [0.2, 0.25) is 0 Å². The standard InChI is InChI=1S/C12H14NO2/c1-2-3-6-9-13-10-7-4-5-8-11(10)15-12(13)14/h4-5,7-8H,1-3,6,9H2. The Balaban J connectivity index is 2.33. The van der Waals surface area contributed by atoms with Crippen LogP contribution in [0.3, 0.4) is 0 Å². The second-order valence-corrected chi connectivity index (χ2v) is 3.55. The highest BCUT2D eigenvalue weighted by Gasteiger charge is 2.06. The van der Waals surface area contributed by atoms with Gasteiger partial charge < -0.3 is 4.42 Å². The number of rotatable bonds is 4. The molecule has 1 radical (unpaired) electrons. The van der Waals surface area contributed by atoms with Crippen molar-refractivity contribution in [1.82, 2.24) is 4.57 Å². The van der Waals surface area contributed by atoms with Crippen LogP contribution in [0, 0.1) is 6.92 Å². The number of para-hydroxylation sites is 2. The van der Waals surface area contributed by atoms with Gasteiger partial charge in [0.15, 0.2) is 5.58 Å². The van der Waals surface area contributed by atoms with E-state index in [0.29, 0.717) is 12.1 Å². The molecule has 2 rings (SSSR count). The fraction of sp³-hybridized carbons (Fsp3) is 0.333. The number of fused-ring (bicyclic) bond motifs is 1. The van der Waals surface area contributed by atoms with Gasteiger partial charge in [0.25, 0.3) is 0 Å². The summed E-state index contributed by atoms with van der Waals surface area (Å²) in [5, 5.41) is 0. The molecule has 79 valence electrons. The van der Waals surface area contributed by atoms with E-state index in [2.05, 4.69) is 6.92 Å². The summed E-state index contributed by atoms with van der Waals surface area (Å²) in [6.07, 6.45) is 2.91. The third-order valence-corrected chi connectivity index (χ3v) is 2.46. The van der Waals surface area contributed by atoms with Gasteiger partial charge in [-0.2, -0.15) is 0 Å². The normalized spacial score (nSPS) is 11.0. The molecule has 3 nitrogen and oxygen atoms in total. The van der Waals surface area contributed by atoms with E-state index in [4.69, 9.17) is 4.42 Å². The van der Waals surface area contributed by atoms with Crippen LogP contribution in [0.1, 0.15) is 19.3 Å². The minimum Gasteiger partial charge on any atom is -0.408 e. The third kappa shape index (κ3) is 1.96. The van der Waals surface area contributed by atoms with E-state index in [1.54, 1.807) is 4.57 Å². The summed E-state index contributed by atoms with van der Waals surface area (Å²) < 4.78 is 6.81. The van der Waals surface area contributed by atoms with Gasteiger partial charge in [-0.05, 0) is 18.6 Å². The Hall–Kier alpha value is -1.51. The molecule has 0 N–H and O–H groups in total. The first-order chi connectivity index (χ1) is 7.33. The van der Waals surface area contributed by atoms with Crippen LogP contribution in [-0.4, -0.2) is 4.57 Å². The Kier molecular flexibility index (Phi) is 2.90. The van der Waals surface area contributed by atoms with E-state index in [0.717, 1.165) is 24.8 Å². The molecule has 3 heteroatoms. The molecule has 0 unspecified atom stereocenters. The highest BCUT2D eigenvalue weighted by molar-refractivity contribution is 5.72. The van der Waals surface area contributed by atoms with Crippen LogP contribution in [0.15, 0.2) is 33.5 Å². The molecule has 0 saturated heterocycles. The quantitative estimate of drug-likeness (QED) is 0.717. The van der Waals surface area contributed by atoms with E-state index in [9.17, 15) is 4.79 Å². The molecule has 0 atom stereocenters.